The minimum atomic E-state index is -1.37. The summed E-state index contributed by atoms with van der Waals surface area (Å²) in [5.41, 5.74) is 4.72. The predicted molar refractivity (Wildman–Crippen MR) is 135 cm³/mol. The normalized spacial score (nSPS) is 16.9. The Morgan fingerprint density at radius 2 is 1.86 bits per heavy atom. The van der Waals surface area contributed by atoms with Gasteiger partial charge in [-0.1, -0.05) is 48.6 Å². The van der Waals surface area contributed by atoms with Crippen molar-refractivity contribution < 1.29 is 54.1 Å². The third-order valence-electron chi connectivity index (χ3n) is 6.41. The molecular formula is C29H30FN2NaO4. The van der Waals surface area contributed by atoms with Crippen LogP contribution in [0, 0.1) is 5.82 Å². The zero-order chi connectivity index (χ0) is 25.5. The number of fused-ring (bicyclic) bond motifs is 1. The maximum absolute atomic E-state index is 13.6. The van der Waals surface area contributed by atoms with Crippen molar-refractivity contribution in [3.63, 3.8) is 0 Å². The number of benzene rings is 2. The predicted octanol–water partition coefficient (Wildman–Crippen LogP) is 0.804. The Bertz CT molecular complexity index is 1220. The van der Waals surface area contributed by atoms with Gasteiger partial charge in [0.05, 0.1) is 29.3 Å². The Kier molecular flexibility index (Phi) is 10.9. The van der Waals surface area contributed by atoms with E-state index in [0.717, 1.165) is 48.2 Å². The molecule has 6 nitrogen and oxygen atoms in total. The van der Waals surface area contributed by atoms with Crippen LogP contribution in [0.5, 0.6) is 0 Å². The van der Waals surface area contributed by atoms with Gasteiger partial charge < -0.3 is 20.1 Å². The molecule has 0 aliphatic heterocycles. The van der Waals surface area contributed by atoms with Crippen molar-refractivity contribution in [1.82, 2.24) is 9.78 Å². The Morgan fingerprint density at radius 3 is 2.57 bits per heavy atom. The molecule has 188 valence electrons. The molecule has 0 bridgehead atoms. The first kappa shape index (κ1) is 29.0. The van der Waals surface area contributed by atoms with Gasteiger partial charge in [-0.2, -0.15) is 5.10 Å². The number of rotatable bonds is 10. The molecule has 0 amide bonds. The maximum Gasteiger partial charge on any atom is 1.00 e. The summed E-state index contributed by atoms with van der Waals surface area (Å²) in [7, 11) is 0. The average Bonchev–Trinajstić information content (AvgIpc) is 3.22. The topological polar surface area (TPSA) is 98.4 Å². The van der Waals surface area contributed by atoms with Gasteiger partial charge in [0.1, 0.15) is 5.82 Å². The van der Waals surface area contributed by atoms with Crippen molar-refractivity contribution in [2.75, 3.05) is 0 Å². The van der Waals surface area contributed by atoms with Crippen LogP contribution in [0.15, 0.2) is 66.7 Å². The Morgan fingerprint density at radius 1 is 1.14 bits per heavy atom. The van der Waals surface area contributed by atoms with Gasteiger partial charge in [-0.3, -0.25) is 0 Å². The molecular weight excluding hydrogens is 482 g/mol. The van der Waals surface area contributed by atoms with Crippen LogP contribution >= 0.6 is 0 Å². The molecule has 2 aromatic carbocycles. The third-order valence-corrected chi connectivity index (χ3v) is 6.41. The molecule has 1 heterocycles. The minimum absolute atomic E-state index is 0. The second-order valence-electron chi connectivity index (χ2n) is 9.17. The van der Waals surface area contributed by atoms with Crippen LogP contribution in [0.2, 0.25) is 0 Å². The third kappa shape index (κ3) is 7.97. The van der Waals surface area contributed by atoms with Crippen LogP contribution in [-0.4, -0.2) is 38.2 Å². The monoisotopic (exact) mass is 512 g/mol. The largest absolute Gasteiger partial charge is 1.00 e. The summed E-state index contributed by atoms with van der Waals surface area (Å²) in [5, 5.41) is 35.8. The van der Waals surface area contributed by atoms with E-state index in [0.29, 0.717) is 5.69 Å². The Balaban J connectivity index is 0.00000380. The zero-order valence-corrected chi connectivity index (χ0v) is 23.0. The van der Waals surface area contributed by atoms with Crippen LogP contribution in [0.4, 0.5) is 4.39 Å². The van der Waals surface area contributed by atoms with E-state index < -0.39 is 24.6 Å². The zero-order valence-electron chi connectivity index (χ0n) is 21.0. The molecule has 37 heavy (non-hydrogen) atoms. The number of carbonyl (C=O) groups excluding carboxylic acids is 1. The number of allylic oxidation sites excluding steroid dienone is 1. The summed E-state index contributed by atoms with van der Waals surface area (Å²) >= 11 is 0. The van der Waals surface area contributed by atoms with Gasteiger partial charge in [0.2, 0.25) is 0 Å². The van der Waals surface area contributed by atoms with Gasteiger partial charge in [-0.05, 0) is 61.6 Å². The van der Waals surface area contributed by atoms with Crippen molar-refractivity contribution in [3.05, 3.63) is 95.1 Å². The molecule has 3 atom stereocenters. The number of nitrogens with zero attached hydrogens (tertiary/aromatic N) is 2. The molecule has 2 N–H and O–H groups in total. The van der Waals surface area contributed by atoms with Crippen molar-refractivity contribution in [2.24, 2.45) is 0 Å². The minimum Gasteiger partial charge on any atom is -0.550 e. The number of aliphatic hydroxyl groups is 2. The molecule has 1 aliphatic rings. The SMILES string of the molecule is O=C([O-])C[C@@H](O)C[C@@H](O)/C=C/c1c2c(nn1-c1ccc(F)cc1)C(C/C=C/c1ccccc1)CCC2.[Na+]. The number of hydrogen-bond acceptors (Lipinski definition) is 5. The van der Waals surface area contributed by atoms with Gasteiger partial charge in [0, 0.05) is 30.3 Å². The van der Waals surface area contributed by atoms with Crippen LogP contribution in [-0.2, 0) is 11.2 Å². The number of carboxylic acid groups (broad SMARTS) is 1. The van der Waals surface area contributed by atoms with E-state index in [1.54, 1.807) is 22.9 Å². The van der Waals surface area contributed by atoms with Crippen LogP contribution in [0.1, 0.15) is 60.5 Å². The number of carbonyl (C=O) groups is 1. The summed E-state index contributed by atoms with van der Waals surface area (Å²) in [6.45, 7) is 0. The van der Waals surface area contributed by atoms with Gasteiger partial charge in [-0.25, -0.2) is 9.07 Å². The molecule has 1 aromatic heterocycles. The molecule has 0 saturated heterocycles. The molecule has 4 rings (SSSR count). The number of halogens is 1. The van der Waals surface area contributed by atoms with Crippen molar-refractivity contribution in [1.29, 1.82) is 0 Å². The maximum atomic E-state index is 13.6. The number of carboxylic acids is 1. The van der Waals surface area contributed by atoms with Gasteiger partial charge in [0.25, 0.3) is 0 Å². The molecule has 8 heteroatoms. The molecule has 0 saturated carbocycles. The fraction of sp³-hybridized carbons (Fsp3) is 0.310. The van der Waals surface area contributed by atoms with Gasteiger partial charge in [-0.15, -0.1) is 0 Å². The Hall–Kier alpha value is -2.55. The smallest absolute Gasteiger partial charge is 0.550 e. The molecule has 1 unspecified atom stereocenters. The van der Waals surface area contributed by atoms with E-state index >= 15 is 0 Å². The van der Waals surface area contributed by atoms with Gasteiger partial charge in [0.15, 0.2) is 0 Å². The number of aromatic nitrogens is 2. The van der Waals surface area contributed by atoms with Crippen LogP contribution < -0.4 is 34.7 Å². The van der Waals surface area contributed by atoms with E-state index in [2.05, 4.69) is 24.3 Å². The second kappa shape index (κ2) is 13.8. The fourth-order valence-electron chi connectivity index (χ4n) is 4.67. The fourth-order valence-corrected chi connectivity index (χ4v) is 4.67. The Labute approximate surface area is 238 Å². The van der Waals surface area contributed by atoms with E-state index in [9.17, 15) is 24.5 Å². The molecule has 0 fully saturated rings. The number of hydrogen-bond donors (Lipinski definition) is 2. The van der Waals surface area contributed by atoms with Crippen molar-refractivity contribution in [2.45, 2.75) is 56.7 Å². The van der Waals surface area contributed by atoms with Crippen LogP contribution in [0.3, 0.4) is 0 Å². The summed E-state index contributed by atoms with van der Waals surface area (Å²) < 4.78 is 15.4. The summed E-state index contributed by atoms with van der Waals surface area (Å²) in [4.78, 5) is 10.7. The van der Waals surface area contributed by atoms with Crippen molar-refractivity contribution >= 4 is 18.1 Å². The van der Waals surface area contributed by atoms with Crippen LogP contribution in [0.25, 0.3) is 17.8 Å². The van der Waals surface area contributed by atoms with E-state index in [-0.39, 0.29) is 47.7 Å². The summed E-state index contributed by atoms with van der Waals surface area (Å²) in [6.07, 6.45) is 8.35. The second-order valence-corrected chi connectivity index (χ2v) is 9.17. The quantitative estimate of drug-likeness (QED) is 0.392. The number of aliphatic hydroxyl groups excluding tert-OH is 2. The summed E-state index contributed by atoms with van der Waals surface area (Å²) in [6, 6.07) is 16.2. The molecule has 0 radical (unpaired) electrons. The average molecular weight is 513 g/mol. The number of aliphatic carboxylic acids is 1. The van der Waals surface area contributed by atoms with E-state index in [1.807, 2.05) is 18.2 Å². The van der Waals surface area contributed by atoms with Gasteiger partial charge >= 0.3 is 29.6 Å². The first-order valence-corrected chi connectivity index (χ1v) is 12.2. The van der Waals surface area contributed by atoms with E-state index in [4.69, 9.17) is 5.10 Å². The first-order valence-electron chi connectivity index (χ1n) is 12.2. The molecule has 0 spiro atoms. The van der Waals surface area contributed by atoms with Crippen molar-refractivity contribution in [3.8, 4) is 5.69 Å². The molecule has 3 aromatic rings. The molecule has 1 aliphatic carbocycles. The standard InChI is InChI=1S/C29H31FN2O4.Na/c30-22-12-14-23(15-13-22)32-27(17-16-24(33)18-25(34)19-28(35)36)26-11-5-10-21(29(26)31-32)9-4-8-20-6-2-1-3-7-20;/h1-4,6-8,12-17,21,24-25,33-34H,5,9-11,18-19H2,(H,35,36);/q;+1/p-1/b8-4+,17-16+;/t21?,24-,25-;/m0./s1. The first-order chi connectivity index (χ1) is 17.4. The summed E-state index contributed by atoms with van der Waals surface area (Å²) in [5.74, 6) is -1.47. The van der Waals surface area contributed by atoms with E-state index in [1.165, 1.54) is 18.2 Å².